The van der Waals surface area contributed by atoms with Gasteiger partial charge in [-0.1, -0.05) is 0 Å². The lowest BCUT2D eigenvalue weighted by molar-refractivity contribution is 0.0794. The summed E-state index contributed by atoms with van der Waals surface area (Å²) in [6.45, 7) is 1.92. The Morgan fingerprint density at radius 1 is 1.67 bits per heavy atom. The largest absolute Gasteiger partial charge is 0.373 e. The number of carbonyl (C=O) groups is 1. The molecule has 4 nitrogen and oxygen atoms in total. The SMILES string of the molecule is O=Cc1nn2c(c1Br)COCC2. The second-order valence-corrected chi connectivity index (χ2v) is 3.33. The number of aromatic nitrogens is 2. The predicted molar refractivity (Wildman–Crippen MR) is 45.0 cm³/mol. The topological polar surface area (TPSA) is 44.1 Å². The van der Waals surface area contributed by atoms with E-state index in [2.05, 4.69) is 21.0 Å². The summed E-state index contributed by atoms with van der Waals surface area (Å²) in [6.07, 6.45) is 0.745. The van der Waals surface area contributed by atoms with Gasteiger partial charge >= 0.3 is 0 Å². The van der Waals surface area contributed by atoms with Crippen molar-refractivity contribution < 1.29 is 9.53 Å². The molecule has 0 aromatic carbocycles. The summed E-state index contributed by atoms with van der Waals surface area (Å²) in [5, 5.41) is 4.09. The van der Waals surface area contributed by atoms with Gasteiger partial charge in [0.2, 0.25) is 0 Å². The zero-order valence-corrected chi connectivity index (χ0v) is 7.87. The molecule has 0 fully saturated rings. The van der Waals surface area contributed by atoms with E-state index < -0.39 is 0 Å². The van der Waals surface area contributed by atoms with E-state index >= 15 is 0 Å². The number of ether oxygens (including phenoxy) is 1. The summed E-state index contributed by atoms with van der Waals surface area (Å²) < 4.78 is 7.79. The molecule has 1 aliphatic heterocycles. The van der Waals surface area contributed by atoms with E-state index in [-0.39, 0.29) is 0 Å². The Hall–Kier alpha value is -0.680. The zero-order chi connectivity index (χ0) is 8.55. The van der Waals surface area contributed by atoms with E-state index in [1.165, 1.54) is 0 Å². The third kappa shape index (κ3) is 1.09. The monoisotopic (exact) mass is 230 g/mol. The van der Waals surface area contributed by atoms with Crippen LogP contribution in [0.2, 0.25) is 0 Å². The Morgan fingerprint density at radius 2 is 2.50 bits per heavy atom. The number of hydrogen-bond donors (Lipinski definition) is 0. The highest BCUT2D eigenvalue weighted by Gasteiger charge is 2.17. The minimum Gasteiger partial charge on any atom is -0.373 e. The fourth-order valence-electron chi connectivity index (χ4n) is 1.21. The third-order valence-corrected chi connectivity index (χ3v) is 2.68. The van der Waals surface area contributed by atoms with Crippen LogP contribution in [0.15, 0.2) is 4.47 Å². The Balaban J connectivity index is 2.51. The molecule has 0 spiro atoms. The minimum atomic E-state index is 0.454. The maximum absolute atomic E-state index is 10.5. The van der Waals surface area contributed by atoms with Crippen LogP contribution in [0, 0.1) is 0 Å². The molecule has 64 valence electrons. The first kappa shape index (κ1) is 7.94. The van der Waals surface area contributed by atoms with Crippen molar-refractivity contribution in [2.24, 2.45) is 0 Å². The highest BCUT2D eigenvalue weighted by atomic mass is 79.9. The van der Waals surface area contributed by atoms with Crippen LogP contribution in [0.25, 0.3) is 0 Å². The lowest BCUT2D eigenvalue weighted by Crippen LogP contribution is -2.17. The number of aldehydes is 1. The number of halogens is 1. The third-order valence-electron chi connectivity index (χ3n) is 1.82. The quantitative estimate of drug-likeness (QED) is 0.677. The van der Waals surface area contributed by atoms with Crippen molar-refractivity contribution in [1.82, 2.24) is 9.78 Å². The molecule has 0 N–H and O–H groups in total. The molecule has 0 saturated heterocycles. The van der Waals surface area contributed by atoms with E-state index in [1.54, 1.807) is 4.68 Å². The van der Waals surface area contributed by atoms with Gasteiger partial charge in [-0.2, -0.15) is 5.10 Å². The molecule has 0 bridgehead atoms. The fourth-order valence-corrected chi connectivity index (χ4v) is 1.71. The van der Waals surface area contributed by atoms with Gasteiger partial charge in [-0.15, -0.1) is 0 Å². The smallest absolute Gasteiger partial charge is 0.171 e. The Labute approximate surface area is 77.6 Å². The molecule has 2 heterocycles. The molecule has 2 rings (SSSR count). The van der Waals surface area contributed by atoms with Crippen LogP contribution in [0.3, 0.4) is 0 Å². The molecule has 1 aliphatic rings. The first-order valence-corrected chi connectivity index (χ1v) is 4.40. The Morgan fingerprint density at radius 3 is 3.17 bits per heavy atom. The Kier molecular flexibility index (Phi) is 1.98. The van der Waals surface area contributed by atoms with Crippen molar-refractivity contribution in [1.29, 1.82) is 0 Å². The Bertz CT molecular complexity index is 321. The van der Waals surface area contributed by atoms with Gasteiger partial charge in [0.05, 0.1) is 29.9 Å². The van der Waals surface area contributed by atoms with Crippen molar-refractivity contribution in [2.75, 3.05) is 6.61 Å². The second kappa shape index (κ2) is 2.99. The fraction of sp³-hybridized carbons (Fsp3) is 0.429. The van der Waals surface area contributed by atoms with Gasteiger partial charge < -0.3 is 4.74 Å². The molecule has 0 saturated carbocycles. The predicted octanol–water partition coefficient (Wildman–Crippen LogP) is 0.988. The van der Waals surface area contributed by atoms with Gasteiger partial charge in [0, 0.05) is 0 Å². The maximum Gasteiger partial charge on any atom is 0.171 e. The summed E-state index contributed by atoms with van der Waals surface area (Å²) in [6, 6.07) is 0. The highest BCUT2D eigenvalue weighted by molar-refractivity contribution is 9.10. The molecule has 12 heavy (non-hydrogen) atoms. The number of carbonyl (C=O) groups excluding carboxylic acids is 1. The molecule has 1 aromatic heterocycles. The summed E-state index contributed by atoms with van der Waals surface area (Å²) in [5.74, 6) is 0. The van der Waals surface area contributed by atoms with E-state index in [0.717, 1.165) is 23.0 Å². The first-order valence-electron chi connectivity index (χ1n) is 3.61. The molecular weight excluding hydrogens is 224 g/mol. The van der Waals surface area contributed by atoms with Gasteiger partial charge in [-0.05, 0) is 15.9 Å². The van der Waals surface area contributed by atoms with Crippen LogP contribution in [0.5, 0.6) is 0 Å². The lowest BCUT2D eigenvalue weighted by atomic mass is 10.3. The number of hydrogen-bond acceptors (Lipinski definition) is 3. The molecule has 0 unspecified atom stereocenters. The zero-order valence-electron chi connectivity index (χ0n) is 6.29. The van der Waals surface area contributed by atoms with Crippen LogP contribution in [0.4, 0.5) is 0 Å². The molecular formula is C7H7BrN2O2. The van der Waals surface area contributed by atoms with E-state index in [9.17, 15) is 4.79 Å². The molecule has 0 aliphatic carbocycles. The normalized spacial score (nSPS) is 15.8. The number of nitrogens with zero attached hydrogens (tertiary/aromatic N) is 2. The highest BCUT2D eigenvalue weighted by Crippen LogP contribution is 2.23. The molecule has 0 radical (unpaired) electrons. The van der Waals surface area contributed by atoms with Crippen molar-refractivity contribution in [3.05, 3.63) is 15.9 Å². The van der Waals surface area contributed by atoms with Crippen molar-refractivity contribution in [3.63, 3.8) is 0 Å². The molecule has 5 heteroatoms. The van der Waals surface area contributed by atoms with Gasteiger partial charge in [0.25, 0.3) is 0 Å². The van der Waals surface area contributed by atoms with Crippen LogP contribution in [0.1, 0.15) is 16.2 Å². The van der Waals surface area contributed by atoms with Gasteiger partial charge in [0.1, 0.15) is 5.69 Å². The van der Waals surface area contributed by atoms with E-state index in [1.807, 2.05) is 0 Å². The molecule has 0 atom stereocenters. The second-order valence-electron chi connectivity index (χ2n) is 2.54. The minimum absolute atomic E-state index is 0.454. The molecule has 0 amide bonds. The van der Waals surface area contributed by atoms with Gasteiger partial charge in [-0.3, -0.25) is 9.48 Å². The average molecular weight is 231 g/mol. The summed E-state index contributed by atoms with van der Waals surface area (Å²) >= 11 is 3.30. The van der Waals surface area contributed by atoms with Crippen LogP contribution < -0.4 is 0 Å². The van der Waals surface area contributed by atoms with Crippen molar-refractivity contribution >= 4 is 22.2 Å². The summed E-state index contributed by atoms with van der Waals surface area (Å²) in [5.41, 5.74) is 1.40. The molecule has 1 aromatic rings. The lowest BCUT2D eigenvalue weighted by Gasteiger charge is -2.13. The van der Waals surface area contributed by atoms with E-state index in [4.69, 9.17) is 4.74 Å². The summed E-state index contributed by atoms with van der Waals surface area (Å²) in [4.78, 5) is 10.5. The maximum atomic E-state index is 10.5. The summed E-state index contributed by atoms with van der Waals surface area (Å²) in [7, 11) is 0. The number of rotatable bonds is 1. The van der Waals surface area contributed by atoms with Crippen LogP contribution in [-0.4, -0.2) is 22.7 Å². The van der Waals surface area contributed by atoms with E-state index in [0.29, 0.717) is 18.9 Å². The number of fused-ring (bicyclic) bond motifs is 1. The standard InChI is InChI=1S/C7H7BrN2O2/c8-7-5(3-11)9-10-1-2-12-4-6(7)10/h3H,1-2,4H2. The first-order chi connectivity index (χ1) is 5.83. The van der Waals surface area contributed by atoms with Crippen molar-refractivity contribution in [3.8, 4) is 0 Å². The van der Waals surface area contributed by atoms with Gasteiger partial charge in [0.15, 0.2) is 6.29 Å². The van der Waals surface area contributed by atoms with Crippen LogP contribution in [-0.2, 0) is 17.9 Å². The van der Waals surface area contributed by atoms with Crippen LogP contribution >= 0.6 is 15.9 Å². The van der Waals surface area contributed by atoms with Gasteiger partial charge in [-0.25, -0.2) is 0 Å². The average Bonchev–Trinajstić information content (AvgIpc) is 2.44. The van der Waals surface area contributed by atoms with Crippen molar-refractivity contribution in [2.45, 2.75) is 13.2 Å².